The van der Waals surface area contributed by atoms with E-state index in [0.29, 0.717) is 5.02 Å². The summed E-state index contributed by atoms with van der Waals surface area (Å²) in [7, 11) is 0. The van der Waals surface area contributed by atoms with Crippen LogP contribution in [-0.2, 0) is 0 Å². The van der Waals surface area contributed by atoms with E-state index in [1.165, 1.54) is 17.7 Å². The van der Waals surface area contributed by atoms with Gasteiger partial charge in [0.05, 0.1) is 16.7 Å². The SMILES string of the molecule is Cc1ccc(-c2nn(-c3ccc(F)cc3)c3c2cnc2cc(Cl)ccc23)cc1. The highest BCUT2D eigenvalue weighted by molar-refractivity contribution is 6.31. The van der Waals surface area contributed by atoms with Gasteiger partial charge in [-0.1, -0.05) is 41.4 Å². The number of hydrogen-bond acceptors (Lipinski definition) is 2. The molecule has 5 heteroatoms. The predicted molar refractivity (Wildman–Crippen MR) is 112 cm³/mol. The lowest BCUT2D eigenvalue weighted by atomic mass is 10.1. The monoisotopic (exact) mass is 387 g/mol. The van der Waals surface area contributed by atoms with Crippen LogP contribution in [0.15, 0.2) is 72.9 Å². The first kappa shape index (κ1) is 16.9. The Bertz CT molecular complexity index is 1320. The first-order valence-corrected chi connectivity index (χ1v) is 9.28. The molecular formula is C23H15ClFN3. The molecule has 0 radical (unpaired) electrons. The molecule has 0 aliphatic heterocycles. The number of benzene rings is 3. The van der Waals surface area contributed by atoms with Crippen molar-refractivity contribution in [1.29, 1.82) is 0 Å². The van der Waals surface area contributed by atoms with Crippen molar-refractivity contribution in [3.8, 4) is 16.9 Å². The average Bonchev–Trinajstić information content (AvgIpc) is 3.09. The number of aryl methyl sites for hydroxylation is 1. The van der Waals surface area contributed by atoms with E-state index in [9.17, 15) is 4.39 Å². The summed E-state index contributed by atoms with van der Waals surface area (Å²) in [6.45, 7) is 2.05. The fourth-order valence-electron chi connectivity index (χ4n) is 3.45. The highest BCUT2D eigenvalue weighted by Crippen LogP contribution is 2.34. The van der Waals surface area contributed by atoms with Crippen LogP contribution < -0.4 is 0 Å². The van der Waals surface area contributed by atoms with E-state index in [1.807, 2.05) is 29.1 Å². The van der Waals surface area contributed by atoms with Crippen molar-refractivity contribution in [3.05, 3.63) is 89.3 Å². The van der Waals surface area contributed by atoms with Crippen molar-refractivity contribution in [1.82, 2.24) is 14.8 Å². The molecule has 0 bridgehead atoms. The van der Waals surface area contributed by atoms with Gasteiger partial charge in [-0.15, -0.1) is 0 Å². The van der Waals surface area contributed by atoms with Crippen molar-refractivity contribution < 1.29 is 4.39 Å². The highest BCUT2D eigenvalue weighted by Gasteiger charge is 2.17. The Morgan fingerprint density at radius 2 is 1.64 bits per heavy atom. The minimum absolute atomic E-state index is 0.280. The maximum absolute atomic E-state index is 13.5. The maximum atomic E-state index is 13.5. The summed E-state index contributed by atoms with van der Waals surface area (Å²) in [5.74, 6) is -0.280. The summed E-state index contributed by atoms with van der Waals surface area (Å²) in [5, 5.41) is 7.39. The van der Waals surface area contributed by atoms with E-state index in [1.54, 1.807) is 12.1 Å². The largest absolute Gasteiger partial charge is 0.255 e. The van der Waals surface area contributed by atoms with Crippen molar-refractivity contribution in [2.75, 3.05) is 0 Å². The molecule has 2 aromatic heterocycles. The minimum atomic E-state index is -0.280. The van der Waals surface area contributed by atoms with Crippen LogP contribution in [0.2, 0.25) is 5.02 Å². The zero-order valence-electron chi connectivity index (χ0n) is 15.0. The maximum Gasteiger partial charge on any atom is 0.123 e. The summed E-state index contributed by atoms with van der Waals surface area (Å²) in [5.41, 5.74) is 5.52. The van der Waals surface area contributed by atoms with Gasteiger partial charge in [0, 0.05) is 27.6 Å². The quantitative estimate of drug-likeness (QED) is 0.353. The third-order valence-corrected chi connectivity index (χ3v) is 5.10. The molecule has 28 heavy (non-hydrogen) atoms. The van der Waals surface area contributed by atoms with Gasteiger partial charge in [-0.3, -0.25) is 4.98 Å². The summed E-state index contributed by atoms with van der Waals surface area (Å²) >= 11 is 6.16. The van der Waals surface area contributed by atoms with Gasteiger partial charge in [-0.25, -0.2) is 9.07 Å². The van der Waals surface area contributed by atoms with Gasteiger partial charge in [0.15, 0.2) is 0 Å². The van der Waals surface area contributed by atoms with E-state index in [-0.39, 0.29) is 5.82 Å². The molecule has 0 aliphatic carbocycles. The van der Waals surface area contributed by atoms with Crippen LogP contribution in [0.25, 0.3) is 38.8 Å². The topological polar surface area (TPSA) is 30.7 Å². The average molecular weight is 388 g/mol. The second-order valence-electron chi connectivity index (χ2n) is 6.78. The molecule has 0 spiro atoms. The van der Waals surface area contributed by atoms with Crippen LogP contribution in [0.4, 0.5) is 4.39 Å². The lowest BCUT2D eigenvalue weighted by molar-refractivity contribution is 0.627. The van der Waals surface area contributed by atoms with Gasteiger partial charge >= 0.3 is 0 Å². The van der Waals surface area contributed by atoms with Crippen LogP contribution in [0.3, 0.4) is 0 Å². The van der Waals surface area contributed by atoms with Crippen LogP contribution in [0.5, 0.6) is 0 Å². The summed E-state index contributed by atoms with van der Waals surface area (Å²) in [4.78, 5) is 4.60. The first-order chi connectivity index (χ1) is 13.6. The Labute approximate surface area is 166 Å². The van der Waals surface area contributed by atoms with E-state index >= 15 is 0 Å². The van der Waals surface area contributed by atoms with Crippen LogP contribution in [-0.4, -0.2) is 14.8 Å². The number of fused-ring (bicyclic) bond motifs is 3. The number of pyridine rings is 1. The third kappa shape index (κ3) is 2.74. The Hall–Kier alpha value is -3.24. The summed E-state index contributed by atoms with van der Waals surface area (Å²) in [6, 6.07) is 20.2. The molecular weight excluding hydrogens is 373 g/mol. The second kappa shape index (κ2) is 6.43. The summed E-state index contributed by atoms with van der Waals surface area (Å²) in [6.07, 6.45) is 1.83. The molecule has 5 rings (SSSR count). The second-order valence-corrected chi connectivity index (χ2v) is 7.22. The van der Waals surface area contributed by atoms with Gasteiger partial charge < -0.3 is 0 Å². The molecule has 0 fully saturated rings. The van der Waals surface area contributed by atoms with Crippen molar-refractivity contribution in [3.63, 3.8) is 0 Å². The predicted octanol–water partition coefficient (Wildman–Crippen LogP) is 6.34. The standard InChI is InChI=1S/C23H15ClFN3/c1-14-2-4-15(5-3-14)22-20-13-26-21-12-16(24)6-11-19(21)23(20)28(27-22)18-9-7-17(25)8-10-18/h2-13H,1H3. The molecule has 5 aromatic rings. The lowest BCUT2D eigenvalue weighted by Crippen LogP contribution is -1.97. The number of aromatic nitrogens is 3. The Balaban J connectivity index is 1.88. The van der Waals surface area contributed by atoms with E-state index in [0.717, 1.165) is 38.8 Å². The number of hydrogen-bond donors (Lipinski definition) is 0. The first-order valence-electron chi connectivity index (χ1n) is 8.90. The van der Waals surface area contributed by atoms with Crippen molar-refractivity contribution in [2.45, 2.75) is 6.92 Å². The van der Waals surface area contributed by atoms with Gasteiger partial charge in [0.1, 0.15) is 11.5 Å². The minimum Gasteiger partial charge on any atom is -0.255 e. The van der Waals surface area contributed by atoms with Gasteiger partial charge in [-0.05, 0) is 49.4 Å². The highest BCUT2D eigenvalue weighted by atomic mass is 35.5. The molecule has 2 heterocycles. The Kier molecular flexibility index (Phi) is 3.88. The number of nitrogens with zero attached hydrogens (tertiary/aromatic N) is 3. The van der Waals surface area contributed by atoms with E-state index < -0.39 is 0 Å². The fraction of sp³-hybridized carbons (Fsp3) is 0.0435. The molecule has 3 nitrogen and oxygen atoms in total. The lowest BCUT2D eigenvalue weighted by Gasteiger charge is -2.06. The van der Waals surface area contributed by atoms with Gasteiger partial charge in [-0.2, -0.15) is 5.10 Å². The van der Waals surface area contributed by atoms with Gasteiger partial charge in [0.25, 0.3) is 0 Å². The van der Waals surface area contributed by atoms with E-state index in [2.05, 4.69) is 36.2 Å². The van der Waals surface area contributed by atoms with Crippen LogP contribution in [0.1, 0.15) is 5.56 Å². The molecule has 0 saturated carbocycles. The van der Waals surface area contributed by atoms with Crippen molar-refractivity contribution in [2.24, 2.45) is 0 Å². The van der Waals surface area contributed by atoms with Crippen molar-refractivity contribution >= 4 is 33.4 Å². The van der Waals surface area contributed by atoms with E-state index in [4.69, 9.17) is 16.7 Å². The molecule has 0 atom stereocenters. The fourth-order valence-corrected chi connectivity index (χ4v) is 3.62. The molecule has 0 saturated heterocycles. The van der Waals surface area contributed by atoms with Crippen LogP contribution >= 0.6 is 11.6 Å². The Morgan fingerprint density at radius 1 is 0.893 bits per heavy atom. The normalized spacial score (nSPS) is 11.4. The Morgan fingerprint density at radius 3 is 2.39 bits per heavy atom. The number of halogens is 2. The molecule has 136 valence electrons. The molecule has 0 amide bonds. The third-order valence-electron chi connectivity index (χ3n) is 4.87. The number of rotatable bonds is 2. The van der Waals surface area contributed by atoms with Crippen LogP contribution in [0, 0.1) is 12.7 Å². The smallest absolute Gasteiger partial charge is 0.123 e. The molecule has 0 N–H and O–H groups in total. The summed E-state index contributed by atoms with van der Waals surface area (Å²) < 4.78 is 15.3. The molecule has 3 aromatic carbocycles. The molecule has 0 aliphatic rings. The zero-order chi connectivity index (χ0) is 19.3. The zero-order valence-corrected chi connectivity index (χ0v) is 15.8. The van der Waals surface area contributed by atoms with Gasteiger partial charge in [0.2, 0.25) is 0 Å². The molecule has 0 unspecified atom stereocenters.